The van der Waals surface area contributed by atoms with Gasteiger partial charge in [-0.15, -0.1) is 0 Å². The number of aliphatic hydroxyl groups is 2. The van der Waals surface area contributed by atoms with Crippen LogP contribution in [0.2, 0.25) is 0 Å². The van der Waals surface area contributed by atoms with Crippen molar-refractivity contribution in [1.82, 2.24) is 0 Å². The number of pyridine rings is 1. The molecule has 13 heteroatoms. The molecule has 0 amide bonds. The van der Waals surface area contributed by atoms with Crippen LogP contribution in [0.4, 0.5) is 0 Å². The fourth-order valence-corrected chi connectivity index (χ4v) is 2.62. The molecule has 2 rings (SSSR count). The molecule has 1 aromatic heterocycles. The molecule has 1 unspecified atom stereocenters. The summed E-state index contributed by atoms with van der Waals surface area (Å²) in [4.78, 5) is 22.9. The zero-order valence-corrected chi connectivity index (χ0v) is 14.3. The predicted octanol–water partition coefficient (Wildman–Crippen LogP) is -1.87. The van der Waals surface area contributed by atoms with E-state index in [0.29, 0.717) is 0 Å². The molecule has 0 bridgehead atoms. The van der Waals surface area contributed by atoms with Crippen molar-refractivity contribution in [3.8, 4) is 0 Å². The van der Waals surface area contributed by atoms with E-state index in [-0.39, 0.29) is 5.56 Å². The maximum absolute atomic E-state index is 11.8. The van der Waals surface area contributed by atoms with Crippen LogP contribution in [-0.2, 0) is 28.0 Å². The standard InChI is InChI=1S/C13H17N2O10P/c14-4-9(16)24-13(19)7-2-1-3-15(5-7)12-11(18)10(17)8(23-12)6-22-26(21)25-20/h1-3,5,8,10-12,17-18,26H,4,6,14H2/p+1/t8-,10-,11-,12-/m1/s1. The number of esters is 2. The molecular formula is C13H18N2O10P+. The fourth-order valence-electron chi connectivity index (χ4n) is 2.27. The summed E-state index contributed by atoms with van der Waals surface area (Å²) in [6.45, 7) is -0.877. The molecule has 1 fully saturated rings. The highest BCUT2D eigenvalue weighted by atomic mass is 31.1. The van der Waals surface area contributed by atoms with Gasteiger partial charge >= 0.3 is 20.2 Å². The normalized spacial score (nSPS) is 26.5. The van der Waals surface area contributed by atoms with Crippen LogP contribution < -0.4 is 10.3 Å². The van der Waals surface area contributed by atoms with E-state index in [2.05, 4.69) is 13.9 Å². The van der Waals surface area contributed by atoms with E-state index in [1.165, 1.54) is 29.1 Å². The average Bonchev–Trinajstić information content (AvgIpc) is 2.94. The second-order valence-corrected chi connectivity index (χ2v) is 6.18. The summed E-state index contributed by atoms with van der Waals surface area (Å²) in [5.74, 6) is -1.85. The molecule has 5 atom stereocenters. The maximum Gasteiger partial charge on any atom is 0.351 e. The summed E-state index contributed by atoms with van der Waals surface area (Å²) >= 11 is 0. The van der Waals surface area contributed by atoms with Gasteiger partial charge in [0.2, 0.25) is 0 Å². The zero-order chi connectivity index (χ0) is 19.3. The first-order chi connectivity index (χ1) is 12.4. The Labute approximate surface area is 147 Å². The van der Waals surface area contributed by atoms with Crippen molar-refractivity contribution in [2.45, 2.75) is 24.5 Å². The van der Waals surface area contributed by atoms with Crippen LogP contribution in [0.5, 0.6) is 0 Å². The van der Waals surface area contributed by atoms with Crippen LogP contribution >= 0.6 is 8.25 Å². The number of ether oxygens (including phenoxy) is 2. The van der Waals surface area contributed by atoms with Gasteiger partial charge in [0.05, 0.1) is 13.2 Å². The summed E-state index contributed by atoms with van der Waals surface area (Å²) in [7, 11) is -3.15. The van der Waals surface area contributed by atoms with Gasteiger partial charge in [-0.25, -0.2) is 10.1 Å². The molecular weight excluding hydrogens is 375 g/mol. The third-order valence-electron chi connectivity index (χ3n) is 3.50. The van der Waals surface area contributed by atoms with Gasteiger partial charge in [-0.2, -0.15) is 9.24 Å². The van der Waals surface area contributed by atoms with Crippen molar-refractivity contribution in [3.63, 3.8) is 0 Å². The number of nitrogens with zero attached hydrogens (tertiary/aromatic N) is 1. The lowest BCUT2D eigenvalue weighted by Gasteiger charge is -2.12. The van der Waals surface area contributed by atoms with Crippen LogP contribution in [0, 0.1) is 0 Å². The van der Waals surface area contributed by atoms with Crippen molar-refractivity contribution in [3.05, 3.63) is 30.1 Å². The van der Waals surface area contributed by atoms with Gasteiger partial charge in [0.1, 0.15) is 17.8 Å². The highest BCUT2D eigenvalue weighted by Gasteiger charge is 2.48. The number of carbonyl (C=O) groups is 2. The van der Waals surface area contributed by atoms with E-state index in [4.69, 9.17) is 15.7 Å². The summed E-state index contributed by atoms with van der Waals surface area (Å²) in [6.07, 6.45) is -2.27. The molecule has 144 valence electrons. The minimum atomic E-state index is -3.15. The fraction of sp³-hybridized carbons (Fsp3) is 0.462. The average molecular weight is 393 g/mol. The molecule has 0 radical (unpaired) electrons. The van der Waals surface area contributed by atoms with E-state index in [9.17, 15) is 24.4 Å². The Morgan fingerprint density at radius 3 is 2.73 bits per heavy atom. The van der Waals surface area contributed by atoms with Crippen LogP contribution in [-0.4, -0.2) is 58.9 Å². The molecule has 1 aliphatic rings. The van der Waals surface area contributed by atoms with Gasteiger partial charge in [-0.3, -0.25) is 9.36 Å². The molecule has 12 nitrogen and oxygen atoms in total. The lowest BCUT2D eigenvalue weighted by Crippen LogP contribution is -2.46. The molecule has 5 N–H and O–H groups in total. The molecule has 1 saturated heterocycles. The smallest absolute Gasteiger partial charge is 0.351 e. The first kappa shape index (κ1) is 20.6. The van der Waals surface area contributed by atoms with Crippen LogP contribution in [0.15, 0.2) is 24.5 Å². The Bertz CT molecular complexity index is 687. The molecule has 0 aliphatic carbocycles. The van der Waals surface area contributed by atoms with Crippen LogP contribution in [0.1, 0.15) is 16.6 Å². The third kappa shape index (κ3) is 4.90. The molecule has 1 aliphatic heterocycles. The number of nitrogens with two attached hydrogens (primary N) is 1. The van der Waals surface area contributed by atoms with Crippen LogP contribution in [0.3, 0.4) is 0 Å². The summed E-state index contributed by atoms with van der Waals surface area (Å²) in [5.41, 5.74) is 5.05. The van der Waals surface area contributed by atoms with Gasteiger partial charge in [0.15, 0.2) is 18.5 Å². The van der Waals surface area contributed by atoms with E-state index >= 15 is 0 Å². The van der Waals surface area contributed by atoms with Gasteiger partial charge in [-0.1, -0.05) is 0 Å². The van der Waals surface area contributed by atoms with Gasteiger partial charge in [-0.05, 0) is 6.07 Å². The lowest BCUT2D eigenvalue weighted by molar-refractivity contribution is -0.765. The first-order valence-corrected chi connectivity index (χ1v) is 8.55. The van der Waals surface area contributed by atoms with Crippen molar-refractivity contribution in [2.24, 2.45) is 5.73 Å². The van der Waals surface area contributed by atoms with E-state index in [1.54, 1.807) is 0 Å². The number of aliphatic hydroxyl groups excluding tert-OH is 2. The SMILES string of the molecule is NCC(=O)OC(=O)c1ccc[n+]([C@@H]2O[C@H](CO[PH](=O)OO)[C@@H](O)[C@H]2O)c1. The highest BCUT2D eigenvalue weighted by Crippen LogP contribution is 2.29. The minimum Gasteiger partial charge on any atom is -0.388 e. The van der Waals surface area contributed by atoms with E-state index < -0.39 is 57.9 Å². The molecule has 0 aromatic carbocycles. The summed E-state index contributed by atoms with van der Waals surface area (Å²) < 4.78 is 30.3. The monoisotopic (exact) mass is 393 g/mol. The number of hydrogen-bond donors (Lipinski definition) is 4. The Morgan fingerprint density at radius 1 is 1.35 bits per heavy atom. The molecule has 0 spiro atoms. The minimum absolute atomic E-state index is 0.0157. The van der Waals surface area contributed by atoms with Gasteiger partial charge < -0.3 is 29.9 Å². The van der Waals surface area contributed by atoms with E-state index in [1.807, 2.05) is 0 Å². The quantitative estimate of drug-likeness (QED) is 0.102. The highest BCUT2D eigenvalue weighted by molar-refractivity contribution is 7.33. The number of aromatic nitrogens is 1. The summed E-state index contributed by atoms with van der Waals surface area (Å²) in [5, 5.41) is 28.3. The molecule has 26 heavy (non-hydrogen) atoms. The predicted molar refractivity (Wildman–Crippen MR) is 80.7 cm³/mol. The Hall–Kier alpha value is -1.76. The number of hydrogen-bond acceptors (Lipinski definition) is 11. The van der Waals surface area contributed by atoms with Crippen molar-refractivity contribution in [2.75, 3.05) is 13.2 Å². The second kappa shape index (κ2) is 9.26. The number of rotatable bonds is 7. The van der Waals surface area contributed by atoms with Gasteiger partial charge in [0.25, 0.3) is 6.23 Å². The van der Waals surface area contributed by atoms with Gasteiger partial charge in [0, 0.05) is 6.07 Å². The maximum atomic E-state index is 11.8. The first-order valence-electron chi connectivity index (χ1n) is 7.33. The molecule has 1 aromatic rings. The zero-order valence-electron chi connectivity index (χ0n) is 13.3. The van der Waals surface area contributed by atoms with Crippen molar-refractivity contribution in [1.29, 1.82) is 0 Å². The number of carbonyl (C=O) groups excluding carboxylic acids is 2. The van der Waals surface area contributed by atoms with Crippen molar-refractivity contribution >= 4 is 20.2 Å². The topological polar surface area (TPSA) is 179 Å². The lowest BCUT2D eigenvalue weighted by atomic mass is 10.1. The largest absolute Gasteiger partial charge is 0.388 e. The molecule has 2 heterocycles. The van der Waals surface area contributed by atoms with Crippen LogP contribution in [0.25, 0.3) is 0 Å². The Kier molecular flexibility index (Phi) is 7.32. The van der Waals surface area contributed by atoms with Crippen molar-refractivity contribution < 1.29 is 52.9 Å². The summed E-state index contributed by atoms with van der Waals surface area (Å²) in [6, 6.07) is 2.81. The Morgan fingerprint density at radius 2 is 2.08 bits per heavy atom. The second-order valence-electron chi connectivity index (χ2n) is 5.20. The third-order valence-corrected chi connectivity index (χ3v) is 4.05. The Balaban J connectivity index is 2.10. The molecule has 0 saturated carbocycles. The van der Waals surface area contributed by atoms with E-state index in [0.717, 1.165) is 0 Å².